The molecule has 0 bridgehead atoms. The maximum atomic E-state index is 13.5. The molecule has 0 saturated heterocycles. The Morgan fingerprint density at radius 3 is 2.78 bits per heavy atom. The Kier molecular flexibility index (Phi) is 5.35. The lowest BCUT2D eigenvalue weighted by atomic mass is 10.1. The van der Waals surface area contributed by atoms with Crippen molar-refractivity contribution < 1.29 is 23.1 Å². The number of amides is 1. The van der Waals surface area contributed by atoms with Crippen molar-refractivity contribution in [3.63, 3.8) is 0 Å². The van der Waals surface area contributed by atoms with Crippen LogP contribution in [0.5, 0.6) is 0 Å². The van der Waals surface area contributed by atoms with Gasteiger partial charge in [0.05, 0.1) is 5.52 Å². The van der Waals surface area contributed by atoms with E-state index in [2.05, 4.69) is 5.32 Å². The predicted molar refractivity (Wildman–Crippen MR) is 94.4 cm³/mol. The normalized spacial score (nSPS) is 10.7. The van der Waals surface area contributed by atoms with E-state index in [1.165, 1.54) is 6.07 Å². The van der Waals surface area contributed by atoms with Gasteiger partial charge in [0.1, 0.15) is 12.4 Å². The summed E-state index contributed by atoms with van der Waals surface area (Å²) >= 11 is 0. The quantitative estimate of drug-likeness (QED) is 0.668. The number of nitrogens with zero attached hydrogens (tertiary/aromatic N) is 1. The number of carbonyl (C=O) groups excluding carboxylic acids is 2. The van der Waals surface area contributed by atoms with Crippen LogP contribution >= 0.6 is 0 Å². The number of carbonyl (C=O) groups is 2. The van der Waals surface area contributed by atoms with Gasteiger partial charge in [-0.25, -0.2) is 9.18 Å². The number of fused-ring (bicyclic) bond motifs is 1. The van der Waals surface area contributed by atoms with E-state index in [9.17, 15) is 18.8 Å². The van der Waals surface area contributed by atoms with E-state index in [1.54, 1.807) is 43.3 Å². The number of nitrogens with one attached hydrogen (secondary N) is 1. The van der Waals surface area contributed by atoms with Gasteiger partial charge in [-0.05, 0) is 36.2 Å². The number of ether oxygens (including phenoxy) is 1. The Morgan fingerprint density at radius 2 is 2.00 bits per heavy atom. The maximum absolute atomic E-state index is 13.5. The Labute approximate surface area is 153 Å². The highest BCUT2D eigenvalue weighted by molar-refractivity contribution is 5.81. The van der Waals surface area contributed by atoms with Crippen LogP contribution in [0.1, 0.15) is 11.1 Å². The number of rotatable bonds is 6. The van der Waals surface area contributed by atoms with Crippen LogP contribution in [-0.2, 0) is 27.4 Å². The lowest BCUT2D eigenvalue weighted by molar-refractivity contribution is -0.149. The number of para-hydroxylation sites is 2. The zero-order chi connectivity index (χ0) is 19.4. The number of benzene rings is 2. The van der Waals surface area contributed by atoms with Gasteiger partial charge in [-0.2, -0.15) is 0 Å². The van der Waals surface area contributed by atoms with Crippen LogP contribution in [0.4, 0.5) is 4.39 Å². The Hall–Kier alpha value is -3.42. The largest absolute Gasteiger partial charge is 0.454 e. The number of esters is 1. The van der Waals surface area contributed by atoms with Crippen molar-refractivity contribution in [2.45, 2.75) is 20.0 Å². The van der Waals surface area contributed by atoms with E-state index in [-0.39, 0.29) is 18.9 Å². The average molecular weight is 372 g/mol. The van der Waals surface area contributed by atoms with Gasteiger partial charge in [-0.1, -0.05) is 24.3 Å². The van der Waals surface area contributed by atoms with Gasteiger partial charge in [-0.15, -0.1) is 0 Å². The van der Waals surface area contributed by atoms with Crippen molar-refractivity contribution in [3.8, 4) is 0 Å². The minimum Gasteiger partial charge on any atom is -0.454 e. The minimum atomic E-state index is -0.750. The van der Waals surface area contributed by atoms with Crippen molar-refractivity contribution >= 4 is 23.0 Å². The van der Waals surface area contributed by atoms with Crippen LogP contribution in [0.25, 0.3) is 11.1 Å². The first kappa shape index (κ1) is 18.4. The van der Waals surface area contributed by atoms with Crippen LogP contribution < -0.4 is 11.1 Å². The van der Waals surface area contributed by atoms with E-state index in [0.717, 1.165) is 4.57 Å². The molecule has 140 valence electrons. The van der Waals surface area contributed by atoms with Crippen LogP contribution in [0.2, 0.25) is 0 Å². The molecule has 0 atom stereocenters. The second kappa shape index (κ2) is 7.86. The number of aromatic nitrogens is 1. The van der Waals surface area contributed by atoms with Crippen molar-refractivity contribution in [3.05, 3.63) is 70.0 Å². The topological polar surface area (TPSA) is 90.5 Å². The molecule has 0 fully saturated rings. The molecule has 8 heteroatoms. The number of halogens is 1. The zero-order valence-electron chi connectivity index (χ0n) is 14.5. The Morgan fingerprint density at radius 1 is 1.22 bits per heavy atom. The molecule has 0 saturated carbocycles. The Bertz CT molecular complexity index is 1050. The fourth-order valence-corrected chi connectivity index (χ4v) is 2.48. The summed E-state index contributed by atoms with van der Waals surface area (Å²) in [7, 11) is 0. The smallest absolute Gasteiger partial charge is 0.420 e. The molecule has 7 nitrogen and oxygen atoms in total. The van der Waals surface area contributed by atoms with E-state index < -0.39 is 24.2 Å². The highest BCUT2D eigenvalue weighted by Gasteiger charge is 2.14. The molecule has 3 rings (SSSR count). The number of hydrogen-bond acceptors (Lipinski definition) is 5. The first-order chi connectivity index (χ1) is 12.9. The molecule has 0 aliphatic rings. The van der Waals surface area contributed by atoms with Crippen molar-refractivity contribution in [1.82, 2.24) is 9.88 Å². The van der Waals surface area contributed by atoms with Gasteiger partial charge in [0.15, 0.2) is 12.2 Å². The van der Waals surface area contributed by atoms with Crippen LogP contribution in [0.15, 0.2) is 51.7 Å². The molecule has 27 heavy (non-hydrogen) atoms. The third-order valence-corrected chi connectivity index (χ3v) is 3.95. The second-order valence-electron chi connectivity index (χ2n) is 5.94. The third kappa shape index (κ3) is 4.41. The average Bonchev–Trinajstić information content (AvgIpc) is 2.96. The first-order valence-electron chi connectivity index (χ1n) is 8.20. The fourth-order valence-electron chi connectivity index (χ4n) is 2.48. The van der Waals surface area contributed by atoms with Crippen molar-refractivity contribution in [1.29, 1.82) is 0 Å². The van der Waals surface area contributed by atoms with E-state index in [4.69, 9.17) is 9.15 Å². The minimum absolute atomic E-state index is 0.111. The molecule has 1 aromatic heterocycles. The summed E-state index contributed by atoms with van der Waals surface area (Å²) in [6.45, 7) is 0.884. The van der Waals surface area contributed by atoms with E-state index >= 15 is 0 Å². The van der Waals surface area contributed by atoms with E-state index in [1.807, 2.05) is 0 Å². The molecule has 2 aromatic carbocycles. The van der Waals surface area contributed by atoms with Gasteiger partial charge >= 0.3 is 11.7 Å². The predicted octanol–water partition coefficient (Wildman–Crippen LogP) is 1.90. The van der Waals surface area contributed by atoms with Gasteiger partial charge in [0.2, 0.25) is 0 Å². The molecular weight excluding hydrogens is 355 g/mol. The van der Waals surface area contributed by atoms with Crippen LogP contribution in [0, 0.1) is 12.7 Å². The third-order valence-electron chi connectivity index (χ3n) is 3.95. The summed E-state index contributed by atoms with van der Waals surface area (Å²) in [6, 6.07) is 11.3. The highest BCUT2D eigenvalue weighted by Crippen LogP contribution is 2.11. The van der Waals surface area contributed by atoms with Gasteiger partial charge in [-0.3, -0.25) is 14.2 Å². The second-order valence-corrected chi connectivity index (χ2v) is 5.94. The lowest BCUT2D eigenvalue weighted by Gasteiger charge is -2.08. The molecule has 1 amide bonds. The van der Waals surface area contributed by atoms with Gasteiger partial charge < -0.3 is 14.5 Å². The van der Waals surface area contributed by atoms with Crippen LogP contribution in [0.3, 0.4) is 0 Å². The summed E-state index contributed by atoms with van der Waals surface area (Å²) < 4.78 is 24.5. The number of oxazole rings is 1. The van der Waals surface area contributed by atoms with Gasteiger partial charge in [0.25, 0.3) is 5.91 Å². The molecule has 0 aliphatic heterocycles. The molecule has 1 heterocycles. The summed E-state index contributed by atoms with van der Waals surface area (Å²) in [5, 5.41) is 2.53. The number of aryl methyl sites for hydroxylation is 1. The zero-order valence-corrected chi connectivity index (χ0v) is 14.5. The monoisotopic (exact) mass is 372 g/mol. The molecule has 0 unspecified atom stereocenters. The molecule has 0 radical (unpaired) electrons. The standard InChI is InChI=1S/C19H17FN2O5/c1-12-6-7-13(8-14(12)20)9-21-17(23)11-26-18(24)10-22-15-4-2-3-5-16(15)27-19(22)25/h2-8H,9-11H2,1H3,(H,21,23). The molecule has 1 N–H and O–H groups in total. The first-order valence-corrected chi connectivity index (χ1v) is 8.20. The summed E-state index contributed by atoms with van der Waals surface area (Å²) in [6.07, 6.45) is 0. The summed E-state index contributed by atoms with van der Waals surface area (Å²) in [5.41, 5.74) is 1.93. The summed E-state index contributed by atoms with van der Waals surface area (Å²) in [4.78, 5) is 35.5. The van der Waals surface area contributed by atoms with Gasteiger partial charge in [0, 0.05) is 6.54 Å². The van der Waals surface area contributed by atoms with Crippen LogP contribution in [-0.4, -0.2) is 23.1 Å². The maximum Gasteiger partial charge on any atom is 0.420 e. The molecule has 3 aromatic rings. The Balaban J connectivity index is 1.51. The van der Waals surface area contributed by atoms with Crippen molar-refractivity contribution in [2.75, 3.05) is 6.61 Å². The lowest BCUT2D eigenvalue weighted by Crippen LogP contribution is -2.30. The molecular formula is C19H17FN2O5. The SMILES string of the molecule is Cc1ccc(CNC(=O)COC(=O)Cn2c(=O)oc3ccccc32)cc1F. The highest BCUT2D eigenvalue weighted by atomic mass is 19.1. The summed E-state index contributed by atoms with van der Waals surface area (Å²) in [5.74, 6) is -2.32. The molecule has 0 aliphatic carbocycles. The van der Waals surface area contributed by atoms with Crippen molar-refractivity contribution in [2.24, 2.45) is 0 Å². The molecule has 0 spiro atoms. The number of hydrogen-bond donors (Lipinski definition) is 1. The fraction of sp³-hybridized carbons (Fsp3) is 0.211. The van der Waals surface area contributed by atoms with E-state index in [0.29, 0.717) is 22.2 Å².